The number of benzene rings is 1. The van der Waals surface area contributed by atoms with Gasteiger partial charge in [0.15, 0.2) is 0 Å². The van der Waals surface area contributed by atoms with Crippen molar-refractivity contribution in [3.05, 3.63) is 35.9 Å². The first-order valence-corrected chi connectivity index (χ1v) is 6.52. The van der Waals surface area contributed by atoms with Gasteiger partial charge in [0.2, 0.25) is 0 Å². The van der Waals surface area contributed by atoms with Crippen molar-refractivity contribution in [2.45, 2.75) is 32.6 Å². The van der Waals surface area contributed by atoms with Gasteiger partial charge in [0.1, 0.15) is 0 Å². The lowest BCUT2D eigenvalue weighted by atomic mass is 9.80. The molecule has 1 aromatic carbocycles. The molecule has 2 saturated carbocycles. The minimum Gasteiger partial charge on any atom is -0.318 e. The lowest BCUT2D eigenvalue weighted by Crippen LogP contribution is -2.19. The predicted molar refractivity (Wildman–Crippen MR) is 69.1 cm³/mol. The van der Waals surface area contributed by atoms with E-state index in [1.807, 2.05) is 37.3 Å². The van der Waals surface area contributed by atoms with Gasteiger partial charge >= 0.3 is 5.97 Å². The van der Waals surface area contributed by atoms with Gasteiger partial charge in [0, 0.05) is 0 Å². The van der Waals surface area contributed by atoms with Crippen molar-refractivity contribution in [3.63, 3.8) is 0 Å². The molecule has 18 heavy (non-hydrogen) atoms. The van der Waals surface area contributed by atoms with Crippen LogP contribution in [0.15, 0.2) is 35.5 Å². The van der Waals surface area contributed by atoms with Crippen LogP contribution in [-0.4, -0.2) is 11.7 Å². The van der Waals surface area contributed by atoms with Crippen molar-refractivity contribution >= 4 is 11.7 Å². The lowest BCUT2D eigenvalue weighted by molar-refractivity contribution is -0.146. The smallest absolute Gasteiger partial charge is 0.318 e. The van der Waals surface area contributed by atoms with Crippen LogP contribution in [0.5, 0.6) is 0 Å². The molecule has 3 rings (SSSR count). The van der Waals surface area contributed by atoms with Crippen molar-refractivity contribution in [2.24, 2.45) is 16.5 Å². The molecule has 0 radical (unpaired) electrons. The molecule has 94 valence electrons. The highest BCUT2D eigenvalue weighted by molar-refractivity contribution is 5.98. The minimum atomic E-state index is -0.148. The topological polar surface area (TPSA) is 38.7 Å². The molecular weight excluding hydrogens is 226 g/mol. The largest absolute Gasteiger partial charge is 0.338 e. The molecule has 0 heterocycles. The molecule has 1 aromatic rings. The van der Waals surface area contributed by atoms with Crippen LogP contribution >= 0.6 is 0 Å². The van der Waals surface area contributed by atoms with Crippen LogP contribution in [0.25, 0.3) is 0 Å². The first kappa shape index (κ1) is 11.5. The van der Waals surface area contributed by atoms with E-state index in [9.17, 15) is 4.79 Å². The van der Waals surface area contributed by atoms with Gasteiger partial charge in [-0.3, -0.25) is 0 Å². The SMILES string of the molecule is C/C(=N/OC(=O)[C@@H]1CC12CCC2)c1ccccc1. The van der Waals surface area contributed by atoms with E-state index >= 15 is 0 Å². The molecule has 1 spiro atoms. The fourth-order valence-corrected chi connectivity index (χ4v) is 2.77. The normalized spacial score (nSPS) is 24.5. The first-order chi connectivity index (χ1) is 8.71. The Labute approximate surface area is 107 Å². The Morgan fingerprint density at radius 2 is 2.06 bits per heavy atom. The average Bonchev–Trinajstić information content (AvgIpc) is 3.12. The van der Waals surface area contributed by atoms with E-state index < -0.39 is 0 Å². The second kappa shape index (κ2) is 4.23. The summed E-state index contributed by atoms with van der Waals surface area (Å²) in [4.78, 5) is 16.9. The van der Waals surface area contributed by atoms with Gasteiger partial charge in [-0.2, -0.15) is 0 Å². The quantitative estimate of drug-likeness (QED) is 0.464. The highest BCUT2D eigenvalue weighted by atomic mass is 16.7. The second-order valence-corrected chi connectivity index (χ2v) is 5.43. The van der Waals surface area contributed by atoms with Crippen LogP contribution in [0.3, 0.4) is 0 Å². The van der Waals surface area contributed by atoms with E-state index in [0.29, 0.717) is 5.41 Å². The van der Waals surface area contributed by atoms with Crippen molar-refractivity contribution in [1.82, 2.24) is 0 Å². The highest BCUT2D eigenvalue weighted by Crippen LogP contribution is 2.65. The molecule has 0 amide bonds. The zero-order chi connectivity index (χ0) is 12.6. The van der Waals surface area contributed by atoms with E-state index in [1.54, 1.807) is 0 Å². The number of hydrogen-bond donors (Lipinski definition) is 0. The second-order valence-electron chi connectivity index (χ2n) is 5.43. The van der Waals surface area contributed by atoms with Crippen LogP contribution in [0.2, 0.25) is 0 Å². The third-order valence-electron chi connectivity index (χ3n) is 4.29. The summed E-state index contributed by atoms with van der Waals surface area (Å²) in [6.45, 7) is 1.86. The van der Waals surface area contributed by atoms with E-state index in [1.165, 1.54) is 19.3 Å². The van der Waals surface area contributed by atoms with Crippen LogP contribution in [0.1, 0.15) is 38.2 Å². The number of nitrogens with zero attached hydrogens (tertiary/aromatic N) is 1. The van der Waals surface area contributed by atoms with Crippen LogP contribution < -0.4 is 0 Å². The number of oxime groups is 1. The molecule has 0 aromatic heterocycles. The standard InChI is InChI=1S/C15H17NO2/c1-11(12-6-3-2-4-7-12)16-18-14(17)13-10-15(13)8-5-9-15/h2-4,6-7,13H,5,8-10H2,1H3/b16-11-/t13-/m0/s1. The number of carbonyl (C=O) groups excluding carboxylic acids is 1. The fourth-order valence-electron chi connectivity index (χ4n) is 2.77. The van der Waals surface area contributed by atoms with Gasteiger partial charge in [0.25, 0.3) is 0 Å². The molecule has 2 fully saturated rings. The zero-order valence-electron chi connectivity index (χ0n) is 10.6. The molecule has 3 nitrogen and oxygen atoms in total. The summed E-state index contributed by atoms with van der Waals surface area (Å²) in [5.74, 6) is -0.0384. The minimum absolute atomic E-state index is 0.110. The average molecular weight is 243 g/mol. The molecule has 3 heteroatoms. The number of carbonyl (C=O) groups is 1. The van der Waals surface area contributed by atoms with E-state index in [-0.39, 0.29) is 11.9 Å². The Kier molecular flexibility index (Phi) is 2.69. The Hall–Kier alpha value is -1.64. The maximum atomic E-state index is 11.8. The van der Waals surface area contributed by atoms with Gasteiger partial charge in [-0.05, 0) is 37.2 Å². The Morgan fingerprint density at radius 3 is 2.61 bits per heavy atom. The predicted octanol–water partition coefficient (Wildman–Crippen LogP) is 3.14. The third kappa shape index (κ3) is 1.94. The summed E-state index contributed by atoms with van der Waals surface area (Å²) in [5.41, 5.74) is 2.04. The van der Waals surface area contributed by atoms with Crippen molar-refractivity contribution in [2.75, 3.05) is 0 Å². The van der Waals surface area contributed by atoms with Crippen LogP contribution in [-0.2, 0) is 9.63 Å². The Morgan fingerprint density at radius 1 is 1.33 bits per heavy atom. The summed E-state index contributed by atoms with van der Waals surface area (Å²) in [6, 6.07) is 9.75. The lowest BCUT2D eigenvalue weighted by Gasteiger charge is -2.25. The number of hydrogen-bond acceptors (Lipinski definition) is 3. The molecule has 0 aliphatic heterocycles. The highest BCUT2D eigenvalue weighted by Gasteiger charge is 2.62. The maximum absolute atomic E-state index is 11.8. The van der Waals surface area contributed by atoms with Gasteiger partial charge in [-0.25, -0.2) is 4.79 Å². The maximum Gasteiger partial charge on any atom is 0.338 e. The van der Waals surface area contributed by atoms with Crippen molar-refractivity contribution in [1.29, 1.82) is 0 Å². The monoisotopic (exact) mass is 243 g/mol. The van der Waals surface area contributed by atoms with Crippen molar-refractivity contribution in [3.8, 4) is 0 Å². The Balaban J connectivity index is 1.59. The number of rotatable bonds is 3. The third-order valence-corrected chi connectivity index (χ3v) is 4.29. The molecule has 0 bridgehead atoms. The molecule has 0 unspecified atom stereocenters. The van der Waals surface area contributed by atoms with Gasteiger partial charge in [-0.15, -0.1) is 0 Å². The van der Waals surface area contributed by atoms with Crippen LogP contribution in [0, 0.1) is 11.3 Å². The zero-order valence-corrected chi connectivity index (χ0v) is 10.6. The Bertz CT molecular complexity index is 488. The molecule has 2 aliphatic rings. The van der Waals surface area contributed by atoms with E-state index in [2.05, 4.69) is 5.16 Å². The van der Waals surface area contributed by atoms with Gasteiger partial charge < -0.3 is 4.84 Å². The molecule has 0 N–H and O–H groups in total. The van der Waals surface area contributed by atoms with Crippen LogP contribution in [0.4, 0.5) is 0 Å². The fraction of sp³-hybridized carbons (Fsp3) is 0.467. The summed E-state index contributed by atoms with van der Waals surface area (Å²) in [5, 5.41) is 3.95. The summed E-state index contributed by atoms with van der Waals surface area (Å²) >= 11 is 0. The molecular formula is C15H17NO2. The van der Waals surface area contributed by atoms with Gasteiger partial charge in [0.05, 0.1) is 11.6 Å². The van der Waals surface area contributed by atoms with E-state index in [4.69, 9.17) is 4.84 Å². The molecule has 1 atom stereocenters. The van der Waals surface area contributed by atoms with E-state index in [0.717, 1.165) is 17.7 Å². The summed E-state index contributed by atoms with van der Waals surface area (Å²) in [6.07, 6.45) is 4.64. The summed E-state index contributed by atoms with van der Waals surface area (Å²) in [7, 11) is 0. The molecule has 0 saturated heterocycles. The summed E-state index contributed by atoms with van der Waals surface area (Å²) < 4.78 is 0. The first-order valence-electron chi connectivity index (χ1n) is 6.52. The van der Waals surface area contributed by atoms with Crippen molar-refractivity contribution < 1.29 is 9.63 Å². The molecule has 2 aliphatic carbocycles. The van der Waals surface area contributed by atoms with Gasteiger partial charge in [-0.1, -0.05) is 41.9 Å².